The van der Waals surface area contributed by atoms with Crippen molar-refractivity contribution in [2.24, 2.45) is 0 Å². The van der Waals surface area contributed by atoms with Gasteiger partial charge in [0.1, 0.15) is 8.07 Å². The van der Waals surface area contributed by atoms with Crippen molar-refractivity contribution in [3.05, 3.63) is 0 Å². The molecule has 0 radical (unpaired) electrons. The third kappa shape index (κ3) is 0.695. The van der Waals surface area contributed by atoms with Gasteiger partial charge in [0.05, 0.1) is 0 Å². The largest absolute Gasteiger partial charge is 0.137 e. The van der Waals surface area contributed by atoms with Crippen molar-refractivity contribution in [2.75, 3.05) is 0 Å². The maximum absolute atomic E-state index is 5.39. The van der Waals surface area contributed by atoms with Gasteiger partial charge in [-0.25, -0.2) is 0 Å². The van der Waals surface area contributed by atoms with Gasteiger partial charge >= 0.3 is 0 Å². The van der Waals surface area contributed by atoms with Crippen LogP contribution >= 0.6 is 0 Å². The summed E-state index contributed by atoms with van der Waals surface area (Å²) < 4.78 is 0. The molecular formula is C7H12Si. The lowest BCUT2D eigenvalue weighted by atomic mass is 10.5. The lowest BCUT2D eigenvalue weighted by Gasteiger charge is -2.33. The minimum Gasteiger partial charge on any atom is -0.135 e. The maximum Gasteiger partial charge on any atom is 0.137 e. The molecule has 0 amide bonds. The summed E-state index contributed by atoms with van der Waals surface area (Å²) in [5.41, 5.74) is 3.00. The van der Waals surface area contributed by atoms with E-state index in [0.717, 1.165) is 0 Å². The second-order valence-electron chi connectivity index (χ2n) is 2.63. The predicted octanol–water partition coefficient (Wildman–Crippen LogP) is 2.03. The zero-order valence-electron chi connectivity index (χ0n) is 5.41. The fourth-order valence-corrected chi connectivity index (χ4v) is 3.61. The van der Waals surface area contributed by atoms with Gasteiger partial charge in [-0.3, -0.25) is 0 Å². The molecule has 1 fully saturated rings. The van der Waals surface area contributed by atoms with Gasteiger partial charge in [-0.1, -0.05) is 13.3 Å². The van der Waals surface area contributed by atoms with Crippen LogP contribution in [0, 0.1) is 12.0 Å². The molecule has 0 aliphatic carbocycles. The van der Waals surface area contributed by atoms with Crippen LogP contribution in [0.2, 0.25) is 18.1 Å². The molecule has 1 aliphatic heterocycles. The fraction of sp³-hybridized carbons (Fsp3) is 0.714. The topological polar surface area (TPSA) is 0 Å². The van der Waals surface area contributed by atoms with Crippen LogP contribution in [-0.4, -0.2) is 8.07 Å². The lowest BCUT2D eigenvalue weighted by molar-refractivity contribution is 0.900. The van der Waals surface area contributed by atoms with Gasteiger partial charge < -0.3 is 0 Å². The molecule has 8 heavy (non-hydrogen) atoms. The zero-order chi connectivity index (χ0) is 6.04. The van der Waals surface area contributed by atoms with Crippen molar-refractivity contribution >= 4 is 8.07 Å². The maximum atomic E-state index is 5.39. The summed E-state index contributed by atoms with van der Waals surface area (Å²) in [7, 11) is -0.963. The highest BCUT2D eigenvalue weighted by Crippen LogP contribution is 2.34. The summed E-state index contributed by atoms with van der Waals surface area (Å²) >= 11 is 0. The molecule has 1 rings (SSSR count). The SMILES string of the molecule is C#C[Si]1(CC)CCC1. The highest BCUT2D eigenvalue weighted by molar-refractivity contribution is 6.89. The minimum absolute atomic E-state index is 0.963. The van der Waals surface area contributed by atoms with Gasteiger partial charge in [-0.2, -0.15) is 0 Å². The molecule has 0 N–H and O–H groups in total. The Hall–Kier alpha value is -0.223. The fourth-order valence-electron chi connectivity index (χ4n) is 1.20. The van der Waals surface area contributed by atoms with Crippen molar-refractivity contribution in [1.82, 2.24) is 0 Å². The Morgan fingerprint density at radius 2 is 2.25 bits per heavy atom. The summed E-state index contributed by atoms with van der Waals surface area (Å²) in [6.07, 6.45) is 6.80. The molecule has 0 aromatic heterocycles. The van der Waals surface area contributed by atoms with Crippen LogP contribution in [0.1, 0.15) is 13.3 Å². The van der Waals surface area contributed by atoms with E-state index >= 15 is 0 Å². The summed E-state index contributed by atoms with van der Waals surface area (Å²) in [4.78, 5) is 0. The molecule has 0 aromatic rings. The summed E-state index contributed by atoms with van der Waals surface area (Å²) in [5.74, 6) is 0. The van der Waals surface area contributed by atoms with Crippen LogP contribution in [0.3, 0.4) is 0 Å². The first-order chi connectivity index (χ1) is 3.83. The van der Waals surface area contributed by atoms with E-state index in [1.165, 1.54) is 24.6 Å². The van der Waals surface area contributed by atoms with Crippen LogP contribution in [-0.2, 0) is 0 Å². The average molecular weight is 124 g/mol. The molecule has 0 saturated carbocycles. The Morgan fingerprint density at radius 3 is 2.25 bits per heavy atom. The van der Waals surface area contributed by atoms with E-state index in [1.807, 2.05) is 0 Å². The van der Waals surface area contributed by atoms with Crippen LogP contribution in [0.4, 0.5) is 0 Å². The van der Waals surface area contributed by atoms with Gasteiger partial charge in [0, 0.05) is 0 Å². The molecule has 0 unspecified atom stereocenters. The Kier molecular flexibility index (Phi) is 1.44. The second kappa shape index (κ2) is 1.95. The molecule has 0 spiro atoms. The third-order valence-electron chi connectivity index (χ3n) is 2.29. The molecule has 1 saturated heterocycles. The first kappa shape index (κ1) is 5.91. The van der Waals surface area contributed by atoms with E-state index in [-0.39, 0.29) is 0 Å². The smallest absolute Gasteiger partial charge is 0.135 e. The van der Waals surface area contributed by atoms with Gasteiger partial charge in [0.2, 0.25) is 0 Å². The normalized spacial score (nSPS) is 23.5. The molecule has 0 nitrogen and oxygen atoms in total. The molecule has 44 valence electrons. The average Bonchev–Trinajstić information content (AvgIpc) is 1.67. The van der Waals surface area contributed by atoms with Crippen LogP contribution in [0.15, 0.2) is 0 Å². The first-order valence-electron chi connectivity index (χ1n) is 3.31. The summed E-state index contributed by atoms with van der Waals surface area (Å²) in [6.45, 7) is 2.24. The first-order valence-corrected chi connectivity index (χ1v) is 5.93. The van der Waals surface area contributed by atoms with Gasteiger partial charge in [-0.15, -0.1) is 12.0 Å². The van der Waals surface area contributed by atoms with Gasteiger partial charge in [-0.05, 0) is 18.1 Å². The monoisotopic (exact) mass is 124 g/mol. The van der Waals surface area contributed by atoms with Crippen LogP contribution < -0.4 is 0 Å². The minimum atomic E-state index is -0.963. The van der Waals surface area contributed by atoms with Crippen molar-refractivity contribution in [1.29, 1.82) is 0 Å². The van der Waals surface area contributed by atoms with E-state index in [2.05, 4.69) is 12.5 Å². The molecular weight excluding hydrogens is 112 g/mol. The molecule has 1 heteroatoms. The van der Waals surface area contributed by atoms with Crippen LogP contribution in [0.25, 0.3) is 0 Å². The van der Waals surface area contributed by atoms with Gasteiger partial charge in [0.15, 0.2) is 0 Å². The summed E-state index contributed by atoms with van der Waals surface area (Å²) in [5, 5.41) is 0. The molecule has 1 aliphatic rings. The standard InChI is InChI=1S/C7H12Si/c1-3-8(4-2)6-5-7-8/h1H,4-7H2,2H3. The quantitative estimate of drug-likeness (QED) is 0.370. The number of rotatable bonds is 1. The molecule has 0 aromatic carbocycles. The van der Waals surface area contributed by atoms with Crippen LogP contribution in [0.5, 0.6) is 0 Å². The number of hydrogen-bond acceptors (Lipinski definition) is 0. The lowest BCUT2D eigenvalue weighted by Crippen LogP contribution is -2.38. The molecule has 1 heterocycles. The zero-order valence-corrected chi connectivity index (χ0v) is 6.41. The Bertz CT molecular complexity index is 111. The van der Waals surface area contributed by atoms with Crippen molar-refractivity contribution in [3.8, 4) is 12.0 Å². The Morgan fingerprint density at radius 1 is 1.62 bits per heavy atom. The summed E-state index contributed by atoms with van der Waals surface area (Å²) in [6, 6.07) is 4.11. The molecule has 0 bridgehead atoms. The highest BCUT2D eigenvalue weighted by atomic mass is 28.3. The van der Waals surface area contributed by atoms with E-state index in [0.29, 0.717) is 0 Å². The van der Waals surface area contributed by atoms with E-state index < -0.39 is 8.07 Å². The highest BCUT2D eigenvalue weighted by Gasteiger charge is 2.35. The number of hydrogen-bond donors (Lipinski definition) is 0. The predicted molar refractivity (Wildman–Crippen MR) is 39.3 cm³/mol. The van der Waals surface area contributed by atoms with Crippen molar-refractivity contribution in [3.63, 3.8) is 0 Å². The van der Waals surface area contributed by atoms with Gasteiger partial charge in [0.25, 0.3) is 0 Å². The molecule has 0 atom stereocenters. The van der Waals surface area contributed by atoms with Crippen molar-refractivity contribution in [2.45, 2.75) is 31.5 Å². The second-order valence-corrected chi connectivity index (χ2v) is 7.19. The van der Waals surface area contributed by atoms with E-state index in [9.17, 15) is 0 Å². The van der Waals surface area contributed by atoms with Crippen molar-refractivity contribution < 1.29 is 0 Å². The Labute approximate surface area is 52.3 Å². The van der Waals surface area contributed by atoms with E-state index in [4.69, 9.17) is 6.42 Å². The Balaban J connectivity index is 2.49. The number of terminal acetylenes is 1. The van der Waals surface area contributed by atoms with E-state index in [1.54, 1.807) is 0 Å². The third-order valence-corrected chi connectivity index (χ3v) is 6.88.